The third-order valence-electron chi connectivity index (χ3n) is 2.64. The number of nitrogens with one attached hydrogen (secondary N) is 1. The van der Waals surface area contributed by atoms with Crippen molar-refractivity contribution in [2.24, 2.45) is 0 Å². The second-order valence-electron chi connectivity index (χ2n) is 4.18. The van der Waals surface area contributed by atoms with Crippen LogP contribution in [-0.4, -0.2) is 13.4 Å². The fourth-order valence-corrected chi connectivity index (χ4v) is 3.95. The van der Waals surface area contributed by atoms with E-state index in [2.05, 4.69) is 25.6 Å². The molecule has 2 rings (SSSR count). The molecule has 0 fully saturated rings. The number of benzene rings is 1. The Labute approximate surface area is 134 Å². The van der Waals surface area contributed by atoms with Gasteiger partial charge in [-0.1, -0.05) is 11.6 Å². The molecule has 0 saturated heterocycles. The fourth-order valence-electron chi connectivity index (χ4n) is 1.59. The number of nitrogens with zero attached hydrogens (tertiary/aromatic N) is 1. The molecule has 0 radical (unpaired) electrons. The van der Waals surface area contributed by atoms with Crippen LogP contribution in [0.15, 0.2) is 33.6 Å². The van der Waals surface area contributed by atoms with E-state index in [-0.39, 0.29) is 25.9 Å². The molecule has 0 unspecified atom stereocenters. The molecule has 112 valence electrons. The largest absolute Gasteiger partial charge is 0.396 e. The van der Waals surface area contributed by atoms with E-state index in [0.29, 0.717) is 5.69 Å². The zero-order chi connectivity index (χ0) is 15.8. The molecule has 0 bridgehead atoms. The Balaban J connectivity index is 2.46. The average molecular weight is 395 g/mol. The first kappa shape index (κ1) is 16.0. The van der Waals surface area contributed by atoms with Crippen LogP contribution in [0.5, 0.6) is 0 Å². The van der Waals surface area contributed by atoms with E-state index in [9.17, 15) is 12.8 Å². The van der Waals surface area contributed by atoms with Gasteiger partial charge in [-0.3, -0.25) is 4.72 Å². The van der Waals surface area contributed by atoms with Crippen LogP contribution in [0.4, 0.5) is 15.8 Å². The first-order valence-electron chi connectivity index (χ1n) is 5.61. The number of hydrogen-bond donors (Lipinski definition) is 2. The zero-order valence-corrected chi connectivity index (χ0v) is 13.9. The van der Waals surface area contributed by atoms with Gasteiger partial charge in [-0.05, 0) is 47.1 Å². The molecule has 5 nitrogen and oxygen atoms in total. The maximum atomic E-state index is 13.3. The van der Waals surface area contributed by atoms with Gasteiger partial charge in [-0.25, -0.2) is 17.8 Å². The predicted octanol–water partition coefficient (Wildman–Crippen LogP) is 3.33. The summed E-state index contributed by atoms with van der Waals surface area (Å²) in [6, 6.07) is 4.99. The van der Waals surface area contributed by atoms with Crippen molar-refractivity contribution in [2.45, 2.75) is 11.8 Å². The fraction of sp³-hybridized carbons (Fsp3) is 0.0833. The first-order chi connectivity index (χ1) is 9.70. The van der Waals surface area contributed by atoms with Crippen LogP contribution in [0, 0.1) is 12.7 Å². The van der Waals surface area contributed by atoms with Gasteiger partial charge in [0.25, 0.3) is 10.0 Å². The summed E-state index contributed by atoms with van der Waals surface area (Å²) in [5, 5.41) is 0.252. The molecule has 21 heavy (non-hydrogen) atoms. The maximum Gasteiger partial charge on any atom is 0.263 e. The van der Waals surface area contributed by atoms with Gasteiger partial charge in [0.2, 0.25) is 0 Å². The summed E-state index contributed by atoms with van der Waals surface area (Å²) in [4.78, 5) is 3.78. The number of nitrogens with two attached hydrogens (primary N) is 1. The Morgan fingerprint density at radius 2 is 2.05 bits per heavy atom. The smallest absolute Gasteiger partial charge is 0.263 e. The van der Waals surface area contributed by atoms with Crippen LogP contribution >= 0.6 is 27.5 Å². The van der Waals surface area contributed by atoms with Crippen molar-refractivity contribution in [3.05, 3.63) is 45.4 Å². The minimum Gasteiger partial charge on any atom is -0.396 e. The number of anilines is 2. The lowest BCUT2D eigenvalue weighted by molar-refractivity contribution is 0.599. The van der Waals surface area contributed by atoms with Crippen LogP contribution in [0.3, 0.4) is 0 Å². The number of rotatable bonds is 3. The van der Waals surface area contributed by atoms with Gasteiger partial charge < -0.3 is 5.73 Å². The minimum absolute atomic E-state index is 0.0706. The molecule has 9 heteroatoms. The lowest BCUT2D eigenvalue weighted by atomic mass is 10.3. The molecule has 0 amide bonds. The van der Waals surface area contributed by atoms with Crippen LogP contribution < -0.4 is 10.5 Å². The normalized spacial score (nSPS) is 11.4. The summed E-state index contributed by atoms with van der Waals surface area (Å²) >= 11 is 8.72. The van der Waals surface area contributed by atoms with Crippen LogP contribution in [0.25, 0.3) is 0 Å². The van der Waals surface area contributed by atoms with E-state index in [4.69, 9.17) is 17.3 Å². The number of nitrogen functional groups attached to an aromatic ring is 1. The highest BCUT2D eigenvalue weighted by Crippen LogP contribution is 2.29. The van der Waals surface area contributed by atoms with E-state index < -0.39 is 15.8 Å². The Kier molecular flexibility index (Phi) is 4.40. The summed E-state index contributed by atoms with van der Waals surface area (Å²) in [7, 11) is -3.95. The van der Waals surface area contributed by atoms with Gasteiger partial charge in [0.05, 0.1) is 17.1 Å². The zero-order valence-electron chi connectivity index (χ0n) is 10.7. The van der Waals surface area contributed by atoms with E-state index in [1.54, 1.807) is 6.92 Å². The van der Waals surface area contributed by atoms with Gasteiger partial charge in [0.15, 0.2) is 0 Å². The molecule has 0 aliphatic heterocycles. The number of aryl methyl sites for hydroxylation is 1. The van der Waals surface area contributed by atoms with Crippen LogP contribution in [0.1, 0.15) is 5.69 Å². The molecule has 0 aliphatic rings. The van der Waals surface area contributed by atoms with Crippen molar-refractivity contribution in [1.29, 1.82) is 0 Å². The minimum atomic E-state index is -3.95. The SMILES string of the molecule is Cc1nc(Cl)ccc1NS(=O)(=O)c1cc(N)c(F)cc1Br. The Bertz CT molecular complexity index is 814. The summed E-state index contributed by atoms with van der Waals surface area (Å²) in [6.45, 7) is 1.61. The molecular formula is C12H10BrClFN3O2S. The van der Waals surface area contributed by atoms with Crippen molar-refractivity contribution < 1.29 is 12.8 Å². The number of pyridine rings is 1. The summed E-state index contributed by atoms with van der Waals surface area (Å²) in [6.07, 6.45) is 0. The second-order valence-corrected chi connectivity index (χ2v) is 7.07. The Morgan fingerprint density at radius 1 is 1.38 bits per heavy atom. The molecule has 0 atom stereocenters. The molecule has 0 saturated carbocycles. The maximum absolute atomic E-state index is 13.3. The third-order valence-corrected chi connectivity index (χ3v) is 5.17. The number of sulfonamides is 1. The Hall–Kier alpha value is -1.38. The first-order valence-corrected chi connectivity index (χ1v) is 8.26. The second kappa shape index (κ2) is 5.78. The lowest BCUT2D eigenvalue weighted by Crippen LogP contribution is -2.15. The van der Waals surface area contributed by atoms with Crippen LogP contribution in [-0.2, 0) is 10.0 Å². The van der Waals surface area contributed by atoms with Gasteiger partial charge in [0.1, 0.15) is 15.9 Å². The van der Waals surface area contributed by atoms with Crippen molar-refractivity contribution in [1.82, 2.24) is 4.98 Å². The number of aromatic nitrogens is 1. The molecule has 3 N–H and O–H groups in total. The average Bonchev–Trinajstić information content (AvgIpc) is 2.37. The molecule has 1 aromatic carbocycles. The van der Waals surface area contributed by atoms with E-state index in [1.807, 2.05) is 0 Å². The lowest BCUT2D eigenvalue weighted by Gasteiger charge is -2.12. The third kappa shape index (κ3) is 3.45. The quantitative estimate of drug-likeness (QED) is 0.618. The highest BCUT2D eigenvalue weighted by molar-refractivity contribution is 9.10. The molecular weight excluding hydrogens is 385 g/mol. The van der Waals surface area contributed by atoms with Crippen molar-refractivity contribution in [3.63, 3.8) is 0 Å². The highest BCUT2D eigenvalue weighted by atomic mass is 79.9. The van der Waals surface area contributed by atoms with Crippen molar-refractivity contribution in [3.8, 4) is 0 Å². The molecule has 1 heterocycles. The van der Waals surface area contributed by atoms with Gasteiger partial charge in [-0.15, -0.1) is 0 Å². The van der Waals surface area contributed by atoms with Gasteiger partial charge in [-0.2, -0.15) is 0 Å². The Morgan fingerprint density at radius 3 is 2.67 bits per heavy atom. The summed E-state index contributed by atoms with van der Waals surface area (Å²) in [5.41, 5.74) is 5.84. The van der Waals surface area contributed by atoms with Crippen molar-refractivity contribution in [2.75, 3.05) is 10.5 Å². The molecule has 0 spiro atoms. The predicted molar refractivity (Wildman–Crippen MR) is 83.3 cm³/mol. The molecule has 0 aliphatic carbocycles. The van der Waals surface area contributed by atoms with Gasteiger partial charge >= 0.3 is 0 Å². The van der Waals surface area contributed by atoms with E-state index in [0.717, 1.165) is 12.1 Å². The van der Waals surface area contributed by atoms with Gasteiger partial charge in [0, 0.05) is 4.47 Å². The monoisotopic (exact) mass is 393 g/mol. The van der Waals surface area contributed by atoms with Crippen molar-refractivity contribution >= 4 is 48.9 Å². The summed E-state index contributed by atoms with van der Waals surface area (Å²) in [5.74, 6) is -0.704. The van der Waals surface area contributed by atoms with Crippen LogP contribution in [0.2, 0.25) is 5.15 Å². The van der Waals surface area contributed by atoms with E-state index >= 15 is 0 Å². The summed E-state index contributed by atoms with van der Waals surface area (Å²) < 4.78 is 40.4. The number of halogens is 3. The number of hydrogen-bond acceptors (Lipinski definition) is 4. The van der Waals surface area contributed by atoms with E-state index in [1.165, 1.54) is 12.1 Å². The standard InChI is InChI=1S/C12H10BrClFN3O2S/c1-6-10(2-3-12(14)17-6)18-21(19,20)11-5-9(16)8(15)4-7(11)13/h2-5,18H,16H2,1H3. The molecule has 1 aromatic heterocycles. The highest BCUT2D eigenvalue weighted by Gasteiger charge is 2.21. The molecule has 2 aromatic rings. The topological polar surface area (TPSA) is 85.1 Å².